The minimum Gasteiger partial charge on any atom is -0.337 e. The normalized spacial score (nSPS) is 24.8. The Morgan fingerprint density at radius 1 is 1.54 bits per heavy atom. The summed E-state index contributed by atoms with van der Waals surface area (Å²) in [4.78, 5) is 15.7. The van der Waals surface area contributed by atoms with Crippen molar-refractivity contribution in [2.24, 2.45) is 0 Å². The van der Waals surface area contributed by atoms with Gasteiger partial charge < -0.3 is 9.80 Å². The molecule has 0 bridgehead atoms. The number of rotatable bonds is 2. The van der Waals surface area contributed by atoms with Crippen molar-refractivity contribution in [3.8, 4) is 0 Å². The zero-order valence-electron chi connectivity index (χ0n) is 8.29. The third kappa shape index (κ3) is 2.85. The first-order valence-electron chi connectivity index (χ1n) is 4.69. The average Bonchev–Trinajstić information content (AvgIpc) is 2.04. The standard InChI is InChI=1S/C9H17ClN2O/c1-8-7-11(2)5-6-12(8)9(13)3-4-10/h8H,3-7H2,1-2H3. The molecule has 1 saturated heterocycles. The Hall–Kier alpha value is -0.280. The highest BCUT2D eigenvalue weighted by atomic mass is 35.5. The molecule has 0 aromatic carbocycles. The van der Waals surface area contributed by atoms with Gasteiger partial charge in [-0.25, -0.2) is 0 Å². The number of hydrogen-bond donors (Lipinski definition) is 0. The van der Waals surface area contributed by atoms with Gasteiger partial charge in [0.25, 0.3) is 0 Å². The van der Waals surface area contributed by atoms with Crippen molar-refractivity contribution in [3.05, 3.63) is 0 Å². The van der Waals surface area contributed by atoms with E-state index in [1.807, 2.05) is 4.90 Å². The maximum absolute atomic E-state index is 11.5. The lowest BCUT2D eigenvalue weighted by Crippen LogP contribution is -2.52. The Morgan fingerprint density at radius 2 is 2.23 bits per heavy atom. The molecule has 13 heavy (non-hydrogen) atoms. The van der Waals surface area contributed by atoms with Crippen LogP contribution in [0.15, 0.2) is 0 Å². The second kappa shape index (κ2) is 4.82. The zero-order chi connectivity index (χ0) is 9.84. The molecule has 1 aliphatic heterocycles. The van der Waals surface area contributed by atoms with Gasteiger partial charge in [-0.3, -0.25) is 4.79 Å². The molecule has 0 saturated carbocycles. The monoisotopic (exact) mass is 204 g/mol. The summed E-state index contributed by atoms with van der Waals surface area (Å²) in [5.41, 5.74) is 0. The summed E-state index contributed by atoms with van der Waals surface area (Å²) in [6.45, 7) is 4.86. The zero-order valence-corrected chi connectivity index (χ0v) is 9.05. The van der Waals surface area contributed by atoms with Crippen LogP contribution in [-0.4, -0.2) is 54.3 Å². The highest BCUT2D eigenvalue weighted by Crippen LogP contribution is 2.09. The summed E-state index contributed by atoms with van der Waals surface area (Å²) in [7, 11) is 2.08. The van der Waals surface area contributed by atoms with Crippen LogP contribution in [0.25, 0.3) is 0 Å². The van der Waals surface area contributed by atoms with Crippen LogP contribution in [0.1, 0.15) is 13.3 Å². The van der Waals surface area contributed by atoms with Gasteiger partial charge in [0.05, 0.1) is 0 Å². The molecule has 0 aliphatic carbocycles. The first-order chi connectivity index (χ1) is 6.15. The van der Waals surface area contributed by atoms with Crippen molar-refractivity contribution >= 4 is 17.5 Å². The Morgan fingerprint density at radius 3 is 2.77 bits per heavy atom. The quantitative estimate of drug-likeness (QED) is 0.621. The summed E-state index contributed by atoms with van der Waals surface area (Å²) in [5, 5.41) is 0. The molecule has 3 nitrogen and oxygen atoms in total. The topological polar surface area (TPSA) is 23.6 Å². The molecule has 1 atom stereocenters. The van der Waals surface area contributed by atoms with Crippen molar-refractivity contribution in [1.82, 2.24) is 9.80 Å². The third-order valence-corrected chi connectivity index (χ3v) is 2.65. The smallest absolute Gasteiger partial charge is 0.224 e. The van der Waals surface area contributed by atoms with Gasteiger partial charge in [0, 0.05) is 38.0 Å². The Kier molecular flexibility index (Phi) is 4.00. The Bertz CT molecular complexity index is 186. The molecule has 1 amide bonds. The highest BCUT2D eigenvalue weighted by molar-refractivity contribution is 6.18. The van der Waals surface area contributed by atoms with Gasteiger partial charge in [-0.05, 0) is 14.0 Å². The van der Waals surface area contributed by atoms with Crippen LogP contribution in [0, 0.1) is 0 Å². The predicted molar refractivity (Wildman–Crippen MR) is 54.0 cm³/mol. The number of amides is 1. The average molecular weight is 205 g/mol. The van der Waals surface area contributed by atoms with Crippen LogP contribution in [-0.2, 0) is 4.79 Å². The van der Waals surface area contributed by atoms with Gasteiger partial charge in [-0.1, -0.05) is 0 Å². The van der Waals surface area contributed by atoms with Gasteiger partial charge in [0.1, 0.15) is 0 Å². The SMILES string of the molecule is CC1CN(C)CCN1C(=O)CCCl. The van der Waals surface area contributed by atoms with E-state index in [0.29, 0.717) is 18.3 Å². The van der Waals surface area contributed by atoms with Crippen LogP contribution >= 0.6 is 11.6 Å². The maximum Gasteiger partial charge on any atom is 0.224 e. The molecular weight excluding hydrogens is 188 g/mol. The summed E-state index contributed by atoms with van der Waals surface area (Å²) >= 11 is 5.53. The second-order valence-corrected chi connectivity index (χ2v) is 4.02. The van der Waals surface area contributed by atoms with Gasteiger partial charge in [-0.2, -0.15) is 0 Å². The summed E-state index contributed by atoms with van der Waals surface area (Å²) in [6, 6.07) is 0.328. The first kappa shape index (κ1) is 10.8. The van der Waals surface area contributed by atoms with E-state index in [9.17, 15) is 4.79 Å². The molecule has 1 rings (SSSR count). The van der Waals surface area contributed by atoms with Crippen LogP contribution in [0.5, 0.6) is 0 Å². The van der Waals surface area contributed by atoms with Crippen molar-refractivity contribution in [2.45, 2.75) is 19.4 Å². The number of hydrogen-bond acceptors (Lipinski definition) is 2. The van der Waals surface area contributed by atoms with Gasteiger partial charge >= 0.3 is 0 Å². The number of alkyl halides is 1. The van der Waals surface area contributed by atoms with Crippen molar-refractivity contribution in [3.63, 3.8) is 0 Å². The van der Waals surface area contributed by atoms with Gasteiger partial charge in [-0.15, -0.1) is 11.6 Å². The van der Waals surface area contributed by atoms with Crippen LogP contribution in [0.3, 0.4) is 0 Å². The van der Waals surface area contributed by atoms with E-state index < -0.39 is 0 Å². The summed E-state index contributed by atoms with van der Waals surface area (Å²) in [5.74, 6) is 0.619. The Labute approximate surface area is 84.6 Å². The summed E-state index contributed by atoms with van der Waals surface area (Å²) < 4.78 is 0. The molecule has 0 N–H and O–H groups in total. The molecule has 1 unspecified atom stereocenters. The minimum absolute atomic E-state index is 0.190. The van der Waals surface area contributed by atoms with Crippen molar-refractivity contribution < 1.29 is 4.79 Å². The molecule has 0 radical (unpaired) electrons. The van der Waals surface area contributed by atoms with Gasteiger partial charge in [0.15, 0.2) is 0 Å². The van der Waals surface area contributed by atoms with E-state index >= 15 is 0 Å². The van der Waals surface area contributed by atoms with E-state index in [1.54, 1.807) is 0 Å². The van der Waals surface area contributed by atoms with E-state index in [2.05, 4.69) is 18.9 Å². The number of nitrogens with zero attached hydrogens (tertiary/aromatic N) is 2. The molecule has 0 aromatic rings. The molecule has 76 valence electrons. The lowest BCUT2D eigenvalue weighted by atomic mass is 10.2. The molecule has 1 heterocycles. The number of piperazine rings is 1. The molecule has 4 heteroatoms. The molecule has 0 aromatic heterocycles. The lowest BCUT2D eigenvalue weighted by molar-refractivity contribution is -0.134. The maximum atomic E-state index is 11.5. The van der Waals surface area contributed by atoms with E-state index in [4.69, 9.17) is 11.6 Å². The number of halogens is 1. The third-order valence-electron chi connectivity index (χ3n) is 2.46. The second-order valence-electron chi connectivity index (χ2n) is 3.64. The first-order valence-corrected chi connectivity index (χ1v) is 5.22. The van der Waals surface area contributed by atoms with E-state index in [0.717, 1.165) is 19.6 Å². The highest BCUT2D eigenvalue weighted by Gasteiger charge is 2.24. The molecular formula is C9H17ClN2O. The Balaban J connectivity index is 2.45. The fourth-order valence-electron chi connectivity index (χ4n) is 1.73. The summed E-state index contributed by atoms with van der Waals surface area (Å²) in [6.07, 6.45) is 0.468. The lowest BCUT2D eigenvalue weighted by Gasteiger charge is -2.38. The van der Waals surface area contributed by atoms with Crippen LogP contribution in [0.2, 0.25) is 0 Å². The number of carbonyl (C=O) groups excluding carboxylic acids is 1. The van der Waals surface area contributed by atoms with Gasteiger partial charge in [0.2, 0.25) is 5.91 Å². The van der Waals surface area contributed by atoms with Crippen LogP contribution in [0.4, 0.5) is 0 Å². The fraction of sp³-hybridized carbons (Fsp3) is 0.889. The van der Waals surface area contributed by atoms with Crippen molar-refractivity contribution in [1.29, 1.82) is 0 Å². The fourth-order valence-corrected chi connectivity index (χ4v) is 1.90. The molecule has 1 aliphatic rings. The van der Waals surface area contributed by atoms with Crippen LogP contribution < -0.4 is 0 Å². The van der Waals surface area contributed by atoms with E-state index in [-0.39, 0.29) is 5.91 Å². The largest absolute Gasteiger partial charge is 0.337 e. The molecule has 0 spiro atoms. The number of likely N-dealkylation sites (N-methyl/N-ethyl adjacent to an activating group) is 1. The van der Waals surface area contributed by atoms with Crippen molar-refractivity contribution in [2.75, 3.05) is 32.6 Å². The molecule has 1 fully saturated rings. The predicted octanol–water partition coefficient (Wildman–Crippen LogP) is 0.778. The van der Waals surface area contributed by atoms with E-state index in [1.165, 1.54) is 0 Å². The minimum atomic E-state index is 0.190. The number of carbonyl (C=O) groups is 1.